The van der Waals surface area contributed by atoms with Crippen molar-refractivity contribution in [1.29, 1.82) is 0 Å². The summed E-state index contributed by atoms with van der Waals surface area (Å²) >= 11 is 0. The predicted molar refractivity (Wildman–Crippen MR) is 72.4 cm³/mol. The third kappa shape index (κ3) is 3.25. The molecule has 22 heavy (non-hydrogen) atoms. The fourth-order valence-electron chi connectivity index (χ4n) is 2.51. The summed E-state index contributed by atoms with van der Waals surface area (Å²) < 4.78 is 63.1. The van der Waals surface area contributed by atoms with E-state index in [2.05, 4.69) is 4.72 Å². The number of nitrogens with zero attached hydrogens (tertiary/aromatic N) is 1. The van der Waals surface area contributed by atoms with Crippen molar-refractivity contribution in [2.75, 3.05) is 13.6 Å². The van der Waals surface area contributed by atoms with E-state index in [4.69, 9.17) is 0 Å². The van der Waals surface area contributed by atoms with E-state index in [1.54, 1.807) is 0 Å². The van der Waals surface area contributed by atoms with E-state index in [1.165, 1.54) is 31.3 Å². The van der Waals surface area contributed by atoms with Gasteiger partial charge in [0, 0.05) is 6.54 Å². The molecule has 1 aromatic carbocycles. The van der Waals surface area contributed by atoms with Gasteiger partial charge in [0.05, 0.1) is 10.9 Å². The fraction of sp³-hybridized carbons (Fsp3) is 0.462. The number of rotatable bonds is 3. The molecule has 0 aliphatic carbocycles. The maximum Gasteiger partial charge on any atom is 0.471 e. The van der Waals surface area contributed by atoms with Gasteiger partial charge in [0.25, 0.3) is 0 Å². The lowest BCUT2D eigenvalue weighted by Gasteiger charge is -2.26. The molecule has 1 aromatic rings. The summed E-state index contributed by atoms with van der Waals surface area (Å²) in [5.74, 6) is -1.86. The molecule has 1 fully saturated rings. The number of alkyl halides is 3. The monoisotopic (exact) mass is 336 g/mol. The smallest absolute Gasteiger partial charge is 0.328 e. The Bertz CT molecular complexity index is 656. The van der Waals surface area contributed by atoms with Crippen LogP contribution in [-0.4, -0.2) is 39.0 Å². The molecule has 0 radical (unpaired) electrons. The van der Waals surface area contributed by atoms with E-state index >= 15 is 0 Å². The van der Waals surface area contributed by atoms with Crippen LogP contribution < -0.4 is 4.72 Å². The topological polar surface area (TPSA) is 66.5 Å². The number of carbonyl (C=O) groups excluding carboxylic acids is 1. The maximum absolute atomic E-state index is 12.6. The summed E-state index contributed by atoms with van der Waals surface area (Å²) in [6, 6.07) is 4.83. The number of carbonyl (C=O) groups is 1. The summed E-state index contributed by atoms with van der Waals surface area (Å²) in [6.45, 7) is 0.0412. The van der Waals surface area contributed by atoms with Crippen LogP contribution in [0.5, 0.6) is 0 Å². The minimum absolute atomic E-state index is 0.0189. The standard InChI is InChI=1S/C13H15F3N2O3S/c1-17-22(20,21)10-6-4-9(5-7-10)11-3-2-8-18(11)12(19)13(14,15)16/h4-7,11,17H,2-3,8H2,1H3. The summed E-state index contributed by atoms with van der Waals surface area (Å²) in [6.07, 6.45) is -4.01. The van der Waals surface area contributed by atoms with Gasteiger partial charge in [0.1, 0.15) is 0 Å². The minimum Gasteiger partial charge on any atom is -0.328 e. The molecule has 0 saturated carbocycles. The Morgan fingerprint density at radius 3 is 2.36 bits per heavy atom. The van der Waals surface area contributed by atoms with Crippen molar-refractivity contribution < 1.29 is 26.4 Å². The van der Waals surface area contributed by atoms with Crippen LogP contribution in [-0.2, 0) is 14.8 Å². The highest BCUT2D eigenvalue weighted by atomic mass is 32.2. The number of halogens is 3. The van der Waals surface area contributed by atoms with Gasteiger partial charge in [-0.05, 0) is 37.6 Å². The first-order chi connectivity index (χ1) is 10.2. The number of sulfonamides is 1. The third-order valence-electron chi connectivity index (χ3n) is 3.60. The number of likely N-dealkylation sites (tertiary alicyclic amines) is 1. The van der Waals surface area contributed by atoms with Crippen LogP contribution in [0.4, 0.5) is 13.2 Å². The van der Waals surface area contributed by atoms with Gasteiger partial charge in [-0.2, -0.15) is 13.2 Å². The van der Waals surface area contributed by atoms with Gasteiger partial charge in [-0.3, -0.25) is 4.79 Å². The highest BCUT2D eigenvalue weighted by Gasteiger charge is 2.46. The number of amides is 1. The van der Waals surface area contributed by atoms with E-state index < -0.39 is 28.1 Å². The Labute approximate surface area is 126 Å². The second-order valence-electron chi connectivity index (χ2n) is 4.93. The Kier molecular flexibility index (Phi) is 4.48. The van der Waals surface area contributed by atoms with Gasteiger partial charge in [-0.15, -0.1) is 0 Å². The lowest BCUT2D eigenvalue weighted by molar-refractivity contribution is -0.186. The molecule has 5 nitrogen and oxygen atoms in total. The molecule has 1 unspecified atom stereocenters. The van der Waals surface area contributed by atoms with Crippen molar-refractivity contribution in [2.45, 2.75) is 30.0 Å². The van der Waals surface area contributed by atoms with Crippen LogP contribution in [0.1, 0.15) is 24.4 Å². The molecule has 1 atom stereocenters. The van der Waals surface area contributed by atoms with Gasteiger partial charge in [0.2, 0.25) is 10.0 Å². The molecule has 1 aliphatic rings. The highest BCUT2D eigenvalue weighted by molar-refractivity contribution is 7.89. The molecule has 1 heterocycles. The third-order valence-corrected chi connectivity index (χ3v) is 5.03. The first kappa shape index (κ1) is 16.8. The Balaban J connectivity index is 2.26. The Morgan fingerprint density at radius 1 is 1.27 bits per heavy atom. The van der Waals surface area contributed by atoms with E-state index in [1.807, 2.05) is 0 Å². The van der Waals surface area contributed by atoms with E-state index in [0.717, 1.165) is 4.90 Å². The molecule has 1 amide bonds. The van der Waals surface area contributed by atoms with Gasteiger partial charge >= 0.3 is 12.1 Å². The summed E-state index contributed by atoms with van der Waals surface area (Å²) in [4.78, 5) is 12.2. The molecule has 0 spiro atoms. The van der Waals surface area contributed by atoms with Gasteiger partial charge in [-0.25, -0.2) is 13.1 Å². The average Bonchev–Trinajstić information content (AvgIpc) is 2.94. The highest BCUT2D eigenvalue weighted by Crippen LogP contribution is 2.35. The zero-order valence-corrected chi connectivity index (χ0v) is 12.5. The molecule has 0 aromatic heterocycles. The number of hydrogen-bond acceptors (Lipinski definition) is 3. The molecule has 0 bridgehead atoms. The summed E-state index contributed by atoms with van der Waals surface area (Å²) in [7, 11) is -2.33. The van der Waals surface area contributed by atoms with Gasteiger partial charge < -0.3 is 4.90 Å². The normalized spacial score (nSPS) is 19.5. The van der Waals surface area contributed by atoms with E-state index in [9.17, 15) is 26.4 Å². The van der Waals surface area contributed by atoms with Crippen LogP contribution in [0, 0.1) is 0 Å². The SMILES string of the molecule is CNS(=O)(=O)c1ccc(C2CCCN2C(=O)C(F)(F)F)cc1. The molecule has 2 rings (SSSR count). The zero-order chi connectivity index (χ0) is 16.5. The van der Waals surface area contributed by atoms with Crippen LogP contribution in [0.15, 0.2) is 29.2 Å². The molecular formula is C13H15F3N2O3S. The minimum atomic E-state index is -4.90. The van der Waals surface area contributed by atoms with Crippen LogP contribution >= 0.6 is 0 Å². The first-order valence-electron chi connectivity index (χ1n) is 6.58. The Hall–Kier alpha value is -1.61. The molecule has 122 valence electrons. The van der Waals surface area contributed by atoms with E-state index in [0.29, 0.717) is 18.4 Å². The second kappa shape index (κ2) is 5.88. The first-order valence-corrected chi connectivity index (χ1v) is 8.06. The largest absolute Gasteiger partial charge is 0.471 e. The van der Waals surface area contributed by atoms with Gasteiger partial charge in [0.15, 0.2) is 0 Å². The number of hydrogen-bond donors (Lipinski definition) is 1. The molecule has 1 aliphatic heterocycles. The van der Waals surface area contributed by atoms with Crippen molar-refractivity contribution >= 4 is 15.9 Å². The van der Waals surface area contributed by atoms with E-state index in [-0.39, 0.29) is 11.4 Å². The molecule has 9 heteroatoms. The summed E-state index contributed by atoms with van der Waals surface area (Å²) in [5.41, 5.74) is 0.491. The van der Waals surface area contributed by atoms with Crippen molar-refractivity contribution in [3.05, 3.63) is 29.8 Å². The zero-order valence-electron chi connectivity index (χ0n) is 11.7. The average molecular weight is 336 g/mol. The van der Waals surface area contributed by atoms with Crippen LogP contribution in [0.3, 0.4) is 0 Å². The fourth-order valence-corrected chi connectivity index (χ4v) is 3.24. The summed E-state index contributed by atoms with van der Waals surface area (Å²) in [5, 5.41) is 0. The molecular weight excluding hydrogens is 321 g/mol. The number of benzene rings is 1. The van der Waals surface area contributed by atoms with Crippen LogP contribution in [0.2, 0.25) is 0 Å². The molecule has 1 N–H and O–H groups in total. The lowest BCUT2D eigenvalue weighted by atomic mass is 10.0. The van der Waals surface area contributed by atoms with Crippen LogP contribution in [0.25, 0.3) is 0 Å². The van der Waals surface area contributed by atoms with Gasteiger partial charge in [-0.1, -0.05) is 12.1 Å². The van der Waals surface area contributed by atoms with Crippen molar-refractivity contribution in [1.82, 2.24) is 9.62 Å². The lowest BCUT2D eigenvalue weighted by Crippen LogP contribution is -2.40. The second-order valence-corrected chi connectivity index (χ2v) is 6.82. The number of nitrogens with one attached hydrogen (secondary N) is 1. The quantitative estimate of drug-likeness (QED) is 0.916. The maximum atomic E-state index is 12.6. The Morgan fingerprint density at radius 2 is 1.86 bits per heavy atom. The molecule has 1 saturated heterocycles. The van der Waals surface area contributed by atoms with Crippen molar-refractivity contribution in [3.8, 4) is 0 Å². The van der Waals surface area contributed by atoms with Crippen molar-refractivity contribution in [2.24, 2.45) is 0 Å². The van der Waals surface area contributed by atoms with Crippen molar-refractivity contribution in [3.63, 3.8) is 0 Å². The predicted octanol–water partition coefficient (Wildman–Crippen LogP) is 1.82.